The van der Waals surface area contributed by atoms with E-state index in [0.29, 0.717) is 6.42 Å². The lowest BCUT2D eigenvalue weighted by molar-refractivity contribution is -0.154. The first-order valence-electron chi connectivity index (χ1n) is 11.2. The van der Waals surface area contributed by atoms with Crippen molar-refractivity contribution in [2.45, 2.75) is 91.7 Å². The summed E-state index contributed by atoms with van der Waals surface area (Å²) in [5.74, 6) is 0.981. The number of aliphatic imine (C=N–C) groups is 1. The Kier molecular flexibility index (Phi) is 14.3. The molecule has 0 aliphatic carbocycles. The average molecular weight is 539 g/mol. The number of esters is 1. The topological polar surface area (TPSA) is 83.0 Å². The number of hydrogen-bond donors (Lipinski definition) is 2. The summed E-state index contributed by atoms with van der Waals surface area (Å²) in [6.45, 7) is 14.7. The first-order chi connectivity index (χ1) is 13.6. The number of nitrogens with zero attached hydrogens (tertiary/aromatic N) is 2. The minimum Gasteiger partial charge on any atom is -0.460 e. The number of nitrogens with one attached hydrogen (secondary N) is 2. The predicted molar refractivity (Wildman–Crippen MR) is 133 cm³/mol. The molecule has 0 aromatic carbocycles. The number of amides is 1. The van der Waals surface area contributed by atoms with E-state index in [1.165, 1.54) is 0 Å². The van der Waals surface area contributed by atoms with Crippen molar-refractivity contribution in [3.8, 4) is 0 Å². The smallest absolute Gasteiger partial charge is 0.306 e. The molecular weight excluding hydrogens is 495 g/mol. The van der Waals surface area contributed by atoms with E-state index in [9.17, 15) is 9.59 Å². The van der Waals surface area contributed by atoms with Crippen LogP contribution in [0.3, 0.4) is 0 Å². The second-order valence-corrected chi connectivity index (χ2v) is 9.08. The average Bonchev–Trinajstić information content (AvgIpc) is 3.07. The van der Waals surface area contributed by atoms with Gasteiger partial charge < -0.3 is 20.3 Å². The third-order valence-electron chi connectivity index (χ3n) is 4.66. The molecular formula is C22H43IN4O3. The molecule has 1 aliphatic heterocycles. The zero-order chi connectivity index (χ0) is 21.9. The molecule has 0 saturated carbocycles. The fourth-order valence-electron chi connectivity index (χ4n) is 3.27. The molecule has 1 saturated heterocycles. The zero-order valence-corrected chi connectivity index (χ0v) is 22.1. The molecule has 30 heavy (non-hydrogen) atoms. The van der Waals surface area contributed by atoms with E-state index in [0.717, 1.165) is 64.2 Å². The second kappa shape index (κ2) is 14.9. The van der Waals surface area contributed by atoms with Crippen molar-refractivity contribution in [3.05, 3.63) is 0 Å². The summed E-state index contributed by atoms with van der Waals surface area (Å²) >= 11 is 0. The molecule has 8 heteroatoms. The first kappa shape index (κ1) is 28.9. The molecule has 0 bridgehead atoms. The molecule has 7 nitrogen and oxygen atoms in total. The minimum atomic E-state index is -0.403. The number of unbranched alkanes of at least 4 members (excludes halogenated alkanes) is 3. The lowest BCUT2D eigenvalue weighted by atomic mass is 10.1. The largest absolute Gasteiger partial charge is 0.460 e. The Morgan fingerprint density at radius 1 is 1.17 bits per heavy atom. The lowest BCUT2D eigenvalue weighted by Gasteiger charge is -2.20. The summed E-state index contributed by atoms with van der Waals surface area (Å²) in [4.78, 5) is 30.4. The molecule has 1 fully saturated rings. The molecule has 1 atom stereocenters. The van der Waals surface area contributed by atoms with Crippen molar-refractivity contribution in [3.63, 3.8) is 0 Å². The molecule has 0 aromatic heterocycles. The standard InChI is InChI=1S/C22H42N4O3.HI/c1-7-23-21(25-18-13-15-26(16-18)20(28)17(2)3)24-14-11-9-8-10-12-19(27)29-22(4,5)6;/h17-18H,7-16H2,1-6H3,(H2,23,24,25);1H. The summed E-state index contributed by atoms with van der Waals surface area (Å²) in [5, 5.41) is 6.75. The highest BCUT2D eigenvalue weighted by atomic mass is 127. The lowest BCUT2D eigenvalue weighted by Crippen LogP contribution is -2.45. The fourth-order valence-corrected chi connectivity index (χ4v) is 3.27. The summed E-state index contributed by atoms with van der Waals surface area (Å²) in [6.07, 6.45) is 5.34. The van der Waals surface area contributed by atoms with Crippen LogP contribution in [0.2, 0.25) is 0 Å². The molecule has 1 aliphatic rings. The summed E-state index contributed by atoms with van der Waals surface area (Å²) in [5.41, 5.74) is -0.403. The zero-order valence-electron chi connectivity index (χ0n) is 19.8. The van der Waals surface area contributed by atoms with Crippen LogP contribution in [0.15, 0.2) is 4.99 Å². The van der Waals surface area contributed by atoms with Crippen molar-refractivity contribution in [1.29, 1.82) is 0 Å². The van der Waals surface area contributed by atoms with Gasteiger partial charge in [0.2, 0.25) is 5.91 Å². The summed E-state index contributed by atoms with van der Waals surface area (Å²) in [6, 6.07) is 0.254. The van der Waals surface area contributed by atoms with Gasteiger partial charge >= 0.3 is 5.97 Å². The summed E-state index contributed by atoms with van der Waals surface area (Å²) < 4.78 is 5.32. The predicted octanol–water partition coefficient (Wildman–Crippen LogP) is 3.71. The van der Waals surface area contributed by atoms with Gasteiger partial charge in [0, 0.05) is 44.6 Å². The second-order valence-electron chi connectivity index (χ2n) is 9.08. The van der Waals surface area contributed by atoms with Crippen molar-refractivity contribution in [2.24, 2.45) is 10.9 Å². The van der Waals surface area contributed by atoms with Gasteiger partial charge in [0.25, 0.3) is 0 Å². The van der Waals surface area contributed by atoms with Crippen LogP contribution < -0.4 is 10.6 Å². The van der Waals surface area contributed by atoms with E-state index in [2.05, 4.69) is 22.5 Å². The number of carbonyl (C=O) groups excluding carboxylic acids is 2. The van der Waals surface area contributed by atoms with Gasteiger partial charge in [-0.3, -0.25) is 14.6 Å². The maximum atomic E-state index is 12.1. The molecule has 0 radical (unpaired) electrons. The fraction of sp³-hybridized carbons (Fsp3) is 0.864. The van der Waals surface area contributed by atoms with Gasteiger partial charge in [-0.25, -0.2) is 0 Å². The number of guanidine groups is 1. The van der Waals surface area contributed by atoms with Gasteiger partial charge in [-0.15, -0.1) is 24.0 Å². The van der Waals surface area contributed by atoms with Gasteiger partial charge in [-0.05, 0) is 47.0 Å². The third-order valence-corrected chi connectivity index (χ3v) is 4.66. The third kappa shape index (κ3) is 12.6. The van der Waals surface area contributed by atoms with Crippen LogP contribution in [0.1, 0.15) is 80.1 Å². The minimum absolute atomic E-state index is 0. The van der Waals surface area contributed by atoms with Gasteiger partial charge in [0.05, 0.1) is 0 Å². The van der Waals surface area contributed by atoms with Crippen molar-refractivity contribution in [2.75, 3.05) is 26.2 Å². The van der Waals surface area contributed by atoms with E-state index >= 15 is 0 Å². The Morgan fingerprint density at radius 3 is 2.43 bits per heavy atom. The Labute approximate surface area is 200 Å². The monoisotopic (exact) mass is 538 g/mol. The van der Waals surface area contributed by atoms with Crippen LogP contribution in [0.4, 0.5) is 0 Å². The molecule has 2 N–H and O–H groups in total. The molecule has 0 aromatic rings. The normalized spacial score (nSPS) is 17.0. The van der Waals surface area contributed by atoms with Crippen molar-refractivity contribution in [1.82, 2.24) is 15.5 Å². The number of likely N-dealkylation sites (tertiary alicyclic amines) is 1. The van der Waals surface area contributed by atoms with Crippen molar-refractivity contribution >= 4 is 41.8 Å². The molecule has 176 valence electrons. The van der Waals surface area contributed by atoms with Crippen LogP contribution >= 0.6 is 24.0 Å². The van der Waals surface area contributed by atoms with Gasteiger partial charge in [-0.1, -0.05) is 26.7 Å². The van der Waals surface area contributed by atoms with Crippen LogP contribution in [-0.4, -0.2) is 60.6 Å². The SMILES string of the molecule is CCNC(=NCCCCCCC(=O)OC(C)(C)C)NC1CCN(C(=O)C(C)C)C1.I. The van der Waals surface area contributed by atoms with Gasteiger partial charge in [0.15, 0.2) is 5.96 Å². The number of halogens is 1. The number of carbonyl (C=O) groups is 2. The molecule has 1 rings (SSSR count). The Morgan fingerprint density at radius 2 is 1.83 bits per heavy atom. The number of hydrogen-bond acceptors (Lipinski definition) is 4. The highest BCUT2D eigenvalue weighted by molar-refractivity contribution is 14.0. The summed E-state index contributed by atoms with van der Waals surface area (Å²) in [7, 11) is 0. The van der Waals surface area contributed by atoms with E-state index in [4.69, 9.17) is 4.74 Å². The van der Waals surface area contributed by atoms with E-state index in [1.54, 1.807) is 0 Å². The quantitative estimate of drug-likeness (QED) is 0.146. The van der Waals surface area contributed by atoms with Crippen LogP contribution in [0.25, 0.3) is 0 Å². The maximum absolute atomic E-state index is 12.1. The molecule has 1 heterocycles. The number of rotatable bonds is 10. The van der Waals surface area contributed by atoms with E-state index in [-0.39, 0.29) is 47.8 Å². The van der Waals surface area contributed by atoms with Crippen molar-refractivity contribution < 1.29 is 14.3 Å². The highest BCUT2D eigenvalue weighted by Gasteiger charge is 2.27. The van der Waals surface area contributed by atoms with E-state index in [1.807, 2.05) is 39.5 Å². The number of ether oxygens (including phenoxy) is 1. The molecule has 0 spiro atoms. The van der Waals surface area contributed by atoms with Crippen LogP contribution in [-0.2, 0) is 14.3 Å². The maximum Gasteiger partial charge on any atom is 0.306 e. The van der Waals surface area contributed by atoms with Gasteiger partial charge in [0.1, 0.15) is 5.60 Å². The Bertz CT molecular complexity index is 547. The molecule has 1 amide bonds. The highest BCUT2D eigenvalue weighted by Crippen LogP contribution is 2.13. The Hall–Kier alpha value is -1.06. The van der Waals surface area contributed by atoms with Gasteiger partial charge in [-0.2, -0.15) is 0 Å². The van der Waals surface area contributed by atoms with Crippen LogP contribution in [0.5, 0.6) is 0 Å². The van der Waals surface area contributed by atoms with Crippen LogP contribution in [0, 0.1) is 5.92 Å². The Balaban J connectivity index is 0.00000841. The first-order valence-corrected chi connectivity index (χ1v) is 11.2. The molecule has 1 unspecified atom stereocenters. The van der Waals surface area contributed by atoms with E-state index < -0.39 is 5.60 Å².